The van der Waals surface area contributed by atoms with Crippen LogP contribution in [0.4, 0.5) is 0 Å². The van der Waals surface area contributed by atoms with Gasteiger partial charge in [-0.3, -0.25) is 4.79 Å². The lowest BCUT2D eigenvalue weighted by atomic mass is 9.79. The van der Waals surface area contributed by atoms with Gasteiger partial charge in [0.1, 0.15) is 5.54 Å². The Morgan fingerprint density at radius 2 is 1.77 bits per heavy atom. The van der Waals surface area contributed by atoms with E-state index >= 15 is 0 Å². The molecule has 0 spiro atoms. The molecule has 0 atom stereocenters. The van der Waals surface area contributed by atoms with Gasteiger partial charge in [0, 0.05) is 23.4 Å². The Kier molecular flexibility index (Phi) is 7.33. The van der Waals surface area contributed by atoms with Crippen molar-refractivity contribution < 1.29 is 14.1 Å². The van der Waals surface area contributed by atoms with Crippen molar-refractivity contribution in [3.8, 4) is 11.5 Å². The van der Waals surface area contributed by atoms with Gasteiger partial charge in [0.15, 0.2) is 0 Å². The number of carbonyl (C=O) groups is 1. The van der Waals surface area contributed by atoms with Crippen LogP contribution >= 0.6 is 23.4 Å². The Bertz CT molecular complexity index is 830. The molecule has 2 aromatic rings. The number of piperidine rings is 1. The minimum atomic E-state index is 0.0348. The van der Waals surface area contributed by atoms with Gasteiger partial charge in [-0.15, -0.1) is 10.2 Å². The molecule has 1 saturated heterocycles. The third-order valence-corrected chi connectivity index (χ3v) is 7.54. The van der Waals surface area contributed by atoms with E-state index in [2.05, 4.69) is 15.5 Å². The molecule has 0 bridgehead atoms. The van der Waals surface area contributed by atoms with E-state index in [9.17, 15) is 4.79 Å². The third kappa shape index (κ3) is 5.37. The molecule has 2 N–H and O–H groups in total. The highest BCUT2D eigenvalue weighted by molar-refractivity contribution is 7.99. The average molecular weight is 450 g/mol. The zero-order valence-electron chi connectivity index (χ0n) is 17.3. The van der Waals surface area contributed by atoms with Gasteiger partial charge in [-0.2, -0.15) is 0 Å². The molecule has 2 fully saturated rings. The van der Waals surface area contributed by atoms with Crippen molar-refractivity contribution in [2.75, 3.05) is 25.4 Å². The molecule has 0 radical (unpaired) electrons. The monoisotopic (exact) mass is 449 g/mol. The van der Waals surface area contributed by atoms with Gasteiger partial charge < -0.3 is 14.6 Å². The van der Waals surface area contributed by atoms with E-state index in [4.69, 9.17) is 16.0 Å². The van der Waals surface area contributed by atoms with Crippen LogP contribution < -0.4 is 10.2 Å². The topological polar surface area (TPSA) is 72.5 Å². The predicted molar refractivity (Wildman–Crippen MR) is 119 cm³/mol. The van der Waals surface area contributed by atoms with Gasteiger partial charge in [-0.25, -0.2) is 0 Å². The number of quaternary nitrogens is 1. The zero-order chi connectivity index (χ0) is 20.8. The highest BCUT2D eigenvalue weighted by atomic mass is 35.5. The van der Waals surface area contributed by atoms with Crippen molar-refractivity contribution in [2.24, 2.45) is 0 Å². The summed E-state index contributed by atoms with van der Waals surface area (Å²) in [6.45, 7) is 3.28. The van der Waals surface area contributed by atoms with Crippen LogP contribution in [0, 0.1) is 0 Å². The number of carbonyl (C=O) groups excluding carboxylic acids is 1. The molecular formula is C22H30ClN4O2S+. The first-order valence-electron chi connectivity index (χ1n) is 11.0. The molecule has 6 nitrogen and oxygen atoms in total. The molecule has 1 aromatic heterocycles. The summed E-state index contributed by atoms with van der Waals surface area (Å²) in [6, 6.07) is 7.24. The van der Waals surface area contributed by atoms with Crippen LogP contribution in [0.15, 0.2) is 33.9 Å². The molecule has 8 heteroatoms. The molecule has 1 aliphatic carbocycles. The Labute approximate surface area is 187 Å². The van der Waals surface area contributed by atoms with Crippen molar-refractivity contribution in [1.82, 2.24) is 15.5 Å². The number of halogens is 1. The number of rotatable bonds is 7. The summed E-state index contributed by atoms with van der Waals surface area (Å²) in [4.78, 5) is 14.3. The van der Waals surface area contributed by atoms with Crippen molar-refractivity contribution in [2.45, 2.75) is 62.1 Å². The molecule has 1 amide bonds. The summed E-state index contributed by atoms with van der Waals surface area (Å²) in [5, 5.41) is 12.4. The molecule has 1 aliphatic heterocycles. The molecule has 30 heavy (non-hydrogen) atoms. The summed E-state index contributed by atoms with van der Waals surface area (Å²) in [5.74, 6) is 0.755. The van der Waals surface area contributed by atoms with Crippen LogP contribution in [-0.4, -0.2) is 47.0 Å². The number of likely N-dealkylation sites (tertiary alicyclic amines) is 1. The maximum absolute atomic E-state index is 12.6. The van der Waals surface area contributed by atoms with E-state index in [1.807, 2.05) is 12.1 Å². The molecule has 2 aliphatic rings. The fraction of sp³-hybridized carbons (Fsp3) is 0.591. The zero-order valence-corrected chi connectivity index (χ0v) is 18.9. The highest BCUT2D eigenvalue weighted by Gasteiger charge is 2.42. The van der Waals surface area contributed by atoms with E-state index in [1.165, 1.54) is 76.2 Å². The fourth-order valence-corrected chi connectivity index (χ4v) is 5.54. The summed E-state index contributed by atoms with van der Waals surface area (Å²) in [6.07, 6.45) is 10.3. The average Bonchev–Trinajstić information content (AvgIpc) is 3.27. The molecule has 162 valence electrons. The maximum Gasteiger partial charge on any atom is 0.277 e. The van der Waals surface area contributed by atoms with Crippen LogP contribution in [0.1, 0.15) is 51.4 Å². The van der Waals surface area contributed by atoms with Crippen molar-refractivity contribution in [3.63, 3.8) is 0 Å². The van der Waals surface area contributed by atoms with E-state index < -0.39 is 0 Å². The van der Waals surface area contributed by atoms with Crippen LogP contribution in [-0.2, 0) is 4.79 Å². The standard InChI is InChI=1S/C22H29ClN4O2S/c23-18-9-7-17(8-10-18)20-25-26-21(29-20)30-15-19(28)24-16-22(11-3-1-4-12-22)27-13-5-2-6-14-27/h7-10H,1-6,11-16H2,(H,24,28)/p+1. The van der Waals surface area contributed by atoms with Crippen LogP contribution in [0.3, 0.4) is 0 Å². The summed E-state index contributed by atoms with van der Waals surface area (Å²) in [7, 11) is 0. The van der Waals surface area contributed by atoms with Crippen LogP contribution in [0.25, 0.3) is 11.5 Å². The Balaban J connectivity index is 1.29. The van der Waals surface area contributed by atoms with Gasteiger partial charge >= 0.3 is 0 Å². The maximum atomic E-state index is 12.6. The quantitative estimate of drug-likeness (QED) is 0.634. The highest BCUT2D eigenvalue weighted by Crippen LogP contribution is 2.27. The van der Waals surface area contributed by atoms with E-state index in [-0.39, 0.29) is 17.2 Å². The number of benzene rings is 1. The first-order valence-corrected chi connectivity index (χ1v) is 12.4. The molecule has 4 rings (SSSR count). The first-order chi connectivity index (χ1) is 14.6. The molecule has 2 heterocycles. The number of amides is 1. The number of aromatic nitrogens is 2. The molecule has 1 saturated carbocycles. The number of nitrogens with one attached hydrogen (secondary N) is 2. The smallest absolute Gasteiger partial charge is 0.277 e. The number of thioether (sulfide) groups is 1. The van der Waals surface area contributed by atoms with E-state index in [0.717, 1.165) is 12.1 Å². The Morgan fingerprint density at radius 1 is 1.07 bits per heavy atom. The van der Waals surface area contributed by atoms with Gasteiger partial charge in [-0.1, -0.05) is 29.8 Å². The molecule has 1 aromatic carbocycles. The largest absolute Gasteiger partial charge is 0.411 e. The first kappa shape index (κ1) is 21.7. The summed E-state index contributed by atoms with van der Waals surface area (Å²) >= 11 is 7.20. The minimum Gasteiger partial charge on any atom is -0.411 e. The second-order valence-corrected chi connectivity index (χ2v) is 9.81. The van der Waals surface area contributed by atoms with Crippen molar-refractivity contribution in [1.29, 1.82) is 0 Å². The predicted octanol–water partition coefficient (Wildman–Crippen LogP) is 3.37. The number of hydrogen-bond acceptors (Lipinski definition) is 5. The van der Waals surface area contributed by atoms with Gasteiger partial charge in [0.25, 0.3) is 5.22 Å². The van der Waals surface area contributed by atoms with Gasteiger partial charge in [0.05, 0.1) is 25.4 Å². The van der Waals surface area contributed by atoms with Gasteiger partial charge in [-0.05, 0) is 56.4 Å². The van der Waals surface area contributed by atoms with Crippen LogP contribution in [0.2, 0.25) is 5.02 Å². The number of nitrogens with zero attached hydrogens (tertiary/aromatic N) is 2. The van der Waals surface area contributed by atoms with E-state index in [0.29, 0.717) is 16.1 Å². The lowest BCUT2D eigenvalue weighted by Gasteiger charge is -2.45. The number of hydrogen-bond donors (Lipinski definition) is 2. The fourth-order valence-electron chi connectivity index (χ4n) is 4.82. The molecule has 0 unspecified atom stereocenters. The SMILES string of the molecule is O=C(CSc1nnc(-c2ccc(Cl)cc2)o1)NCC1([NH+]2CCCCC2)CCCCC1. The van der Waals surface area contributed by atoms with Crippen LogP contribution in [0.5, 0.6) is 0 Å². The lowest BCUT2D eigenvalue weighted by molar-refractivity contribution is -0.957. The second kappa shape index (κ2) is 10.2. The van der Waals surface area contributed by atoms with Crippen molar-refractivity contribution >= 4 is 29.3 Å². The third-order valence-electron chi connectivity index (χ3n) is 6.47. The summed E-state index contributed by atoms with van der Waals surface area (Å²) < 4.78 is 5.68. The lowest BCUT2D eigenvalue weighted by Crippen LogP contribution is -3.22. The summed E-state index contributed by atoms with van der Waals surface area (Å²) in [5.41, 5.74) is 1.04. The second-order valence-electron chi connectivity index (χ2n) is 8.45. The van der Waals surface area contributed by atoms with Gasteiger partial charge in [0.2, 0.25) is 11.8 Å². The van der Waals surface area contributed by atoms with Crippen molar-refractivity contribution in [3.05, 3.63) is 29.3 Å². The Morgan fingerprint density at radius 3 is 2.50 bits per heavy atom. The normalized spacial score (nSPS) is 19.5. The Hall–Kier alpha value is -1.57. The van der Waals surface area contributed by atoms with E-state index in [1.54, 1.807) is 17.0 Å². The minimum absolute atomic E-state index is 0.0348. The molecular weight excluding hydrogens is 420 g/mol.